The summed E-state index contributed by atoms with van der Waals surface area (Å²) >= 11 is 0. The molecule has 3 heterocycles. The summed E-state index contributed by atoms with van der Waals surface area (Å²) in [5.74, 6) is 1.27. The molecule has 1 aromatic carbocycles. The molecule has 4 rings (SSSR count). The summed E-state index contributed by atoms with van der Waals surface area (Å²) in [5.41, 5.74) is 3.69. The second-order valence-corrected chi connectivity index (χ2v) is 7.00. The van der Waals surface area contributed by atoms with Gasteiger partial charge in [0.25, 0.3) is 0 Å². The zero-order valence-electron chi connectivity index (χ0n) is 15.6. The molecule has 1 N–H and O–H groups in total. The van der Waals surface area contributed by atoms with Crippen LogP contribution in [0.5, 0.6) is 5.75 Å². The van der Waals surface area contributed by atoms with E-state index in [9.17, 15) is 9.59 Å². The second-order valence-electron chi connectivity index (χ2n) is 7.00. The van der Waals surface area contributed by atoms with Crippen molar-refractivity contribution in [3.8, 4) is 5.75 Å². The molecule has 6 nitrogen and oxygen atoms in total. The van der Waals surface area contributed by atoms with Gasteiger partial charge >= 0.3 is 0 Å². The van der Waals surface area contributed by atoms with E-state index in [-0.39, 0.29) is 17.9 Å². The summed E-state index contributed by atoms with van der Waals surface area (Å²) in [6, 6.07) is 9.71. The number of carbonyl (C=O) groups is 2. The standard InChI is InChI=1S/C22H21N3O3/c1-14-17-5-3-4-6-18(17)28-19(14)13-25(2)21(27)10-7-15-11-16-8-9-20(26)24-22(16)23-12-15/h3-7,10-12,19H,1,8-9,13H2,2H3,(H,23,24,26)/b10-7-. The minimum atomic E-state index is -0.242. The van der Waals surface area contributed by atoms with E-state index in [0.717, 1.165) is 28.0 Å². The Morgan fingerprint density at radius 3 is 3.04 bits per heavy atom. The van der Waals surface area contributed by atoms with E-state index >= 15 is 0 Å². The van der Waals surface area contributed by atoms with Crippen molar-refractivity contribution in [1.29, 1.82) is 0 Å². The number of likely N-dealkylation sites (N-methyl/N-ethyl adjacent to an activating group) is 1. The number of pyridine rings is 1. The SMILES string of the molecule is C=C1c2ccccc2OC1CN(C)C(=O)/C=C\c1cnc2c(c1)CCC(=O)N2. The lowest BCUT2D eigenvalue weighted by atomic mass is 10.0. The quantitative estimate of drug-likeness (QED) is 0.834. The fourth-order valence-corrected chi connectivity index (χ4v) is 3.38. The minimum Gasteiger partial charge on any atom is -0.483 e. The molecule has 2 amide bonds. The average Bonchev–Trinajstić information content (AvgIpc) is 3.01. The van der Waals surface area contributed by atoms with Crippen LogP contribution in [0.15, 0.2) is 49.2 Å². The Balaban J connectivity index is 1.39. The van der Waals surface area contributed by atoms with Crippen molar-refractivity contribution in [2.75, 3.05) is 18.9 Å². The molecular weight excluding hydrogens is 354 g/mol. The Bertz CT molecular complexity index is 996. The number of hydrogen-bond acceptors (Lipinski definition) is 4. The highest BCUT2D eigenvalue weighted by Crippen LogP contribution is 2.36. The van der Waals surface area contributed by atoms with Gasteiger partial charge in [0.1, 0.15) is 17.7 Å². The number of amides is 2. The molecular formula is C22H21N3O3. The van der Waals surface area contributed by atoms with Gasteiger partial charge in [0.15, 0.2) is 0 Å². The van der Waals surface area contributed by atoms with E-state index in [2.05, 4.69) is 16.9 Å². The van der Waals surface area contributed by atoms with Crippen LogP contribution < -0.4 is 10.1 Å². The number of anilines is 1. The maximum atomic E-state index is 12.5. The zero-order valence-corrected chi connectivity index (χ0v) is 15.6. The van der Waals surface area contributed by atoms with Crippen LogP contribution in [-0.2, 0) is 16.0 Å². The van der Waals surface area contributed by atoms with Crippen LogP contribution in [-0.4, -0.2) is 41.4 Å². The molecule has 28 heavy (non-hydrogen) atoms. The third-order valence-corrected chi connectivity index (χ3v) is 4.99. The van der Waals surface area contributed by atoms with Crippen molar-refractivity contribution < 1.29 is 14.3 Å². The summed E-state index contributed by atoms with van der Waals surface area (Å²) in [5, 5.41) is 2.75. The van der Waals surface area contributed by atoms with Crippen LogP contribution in [0.3, 0.4) is 0 Å². The van der Waals surface area contributed by atoms with Gasteiger partial charge in [-0.2, -0.15) is 0 Å². The number of carbonyl (C=O) groups excluding carboxylic acids is 2. The Morgan fingerprint density at radius 1 is 1.39 bits per heavy atom. The van der Waals surface area contributed by atoms with Gasteiger partial charge in [0.2, 0.25) is 11.8 Å². The molecule has 0 bridgehead atoms. The van der Waals surface area contributed by atoms with E-state index in [1.807, 2.05) is 30.3 Å². The number of rotatable bonds is 4. The molecule has 1 unspecified atom stereocenters. The predicted octanol–water partition coefficient (Wildman–Crippen LogP) is 2.91. The zero-order chi connectivity index (χ0) is 19.7. The van der Waals surface area contributed by atoms with Crippen LogP contribution in [0.25, 0.3) is 11.6 Å². The van der Waals surface area contributed by atoms with E-state index in [1.165, 1.54) is 6.08 Å². The lowest BCUT2D eigenvalue weighted by Crippen LogP contribution is -2.34. The summed E-state index contributed by atoms with van der Waals surface area (Å²) in [7, 11) is 1.74. The largest absolute Gasteiger partial charge is 0.483 e. The maximum absolute atomic E-state index is 12.5. The summed E-state index contributed by atoms with van der Waals surface area (Å²) in [6.07, 6.45) is 5.78. The maximum Gasteiger partial charge on any atom is 0.246 e. The van der Waals surface area contributed by atoms with Crippen molar-refractivity contribution in [3.05, 3.63) is 65.9 Å². The number of nitrogens with zero attached hydrogens (tertiary/aromatic N) is 2. The third-order valence-electron chi connectivity index (χ3n) is 4.99. The van der Waals surface area contributed by atoms with Crippen molar-refractivity contribution in [1.82, 2.24) is 9.88 Å². The molecule has 0 fully saturated rings. The number of hydrogen-bond donors (Lipinski definition) is 1. The van der Waals surface area contributed by atoms with E-state index < -0.39 is 0 Å². The molecule has 2 aliphatic rings. The summed E-state index contributed by atoms with van der Waals surface area (Å²) in [4.78, 5) is 29.8. The molecule has 0 aliphatic carbocycles. The second kappa shape index (κ2) is 7.31. The van der Waals surface area contributed by atoms with Crippen LogP contribution in [0.4, 0.5) is 5.82 Å². The Morgan fingerprint density at radius 2 is 2.21 bits per heavy atom. The van der Waals surface area contributed by atoms with Gasteiger partial charge in [-0.3, -0.25) is 9.59 Å². The lowest BCUT2D eigenvalue weighted by Gasteiger charge is -2.20. The van der Waals surface area contributed by atoms with Gasteiger partial charge in [0, 0.05) is 31.3 Å². The number of benzene rings is 1. The number of ether oxygens (including phenoxy) is 1. The van der Waals surface area contributed by atoms with E-state index in [1.54, 1.807) is 24.2 Å². The Hall–Kier alpha value is -3.41. The fourth-order valence-electron chi connectivity index (χ4n) is 3.38. The van der Waals surface area contributed by atoms with Crippen LogP contribution >= 0.6 is 0 Å². The molecule has 142 valence electrons. The van der Waals surface area contributed by atoms with Crippen molar-refractivity contribution in [2.24, 2.45) is 0 Å². The lowest BCUT2D eigenvalue weighted by molar-refractivity contribution is -0.125. The van der Waals surface area contributed by atoms with Gasteiger partial charge in [-0.25, -0.2) is 4.98 Å². The summed E-state index contributed by atoms with van der Waals surface area (Å²) < 4.78 is 5.91. The van der Waals surface area contributed by atoms with Gasteiger partial charge < -0.3 is 15.0 Å². The molecule has 0 radical (unpaired) electrons. The normalized spacial score (nSPS) is 17.7. The van der Waals surface area contributed by atoms with E-state index in [4.69, 9.17) is 4.74 Å². The van der Waals surface area contributed by atoms with Crippen molar-refractivity contribution >= 4 is 29.3 Å². The van der Waals surface area contributed by atoms with Gasteiger partial charge in [-0.1, -0.05) is 24.8 Å². The Labute approximate surface area is 163 Å². The average molecular weight is 375 g/mol. The number of nitrogens with one attached hydrogen (secondary N) is 1. The van der Waals surface area contributed by atoms with Crippen LogP contribution in [0.1, 0.15) is 23.1 Å². The molecule has 2 aliphatic heterocycles. The fraction of sp³-hybridized carbons (Fsp3) is 0.227. The van der Waals surface area contributed by atoms with E-state index in [0.29, 0.717) is 25.2 Å². The first-order valence-corrected chi connectivity index (χ1v) is 9.18. The van der Waals surface area contributed by atoms with Crippen LogP contribution in [0, 0.1) is 0 Å². The molecule has 2 aromatic rings. The minimum absolute atomic E-state index is 0.0158. The van der Waals surface area contributed by atoms with Gasteiger partial charge in [-0.15, -0.1) is 0 Å². The molecule has 1 aromatic heterocycles. The van der Waals surface area contributed by atoms with Crippen LogP contribution in [0.2, 0.25) is 0 Å². The number of para-hydroxylation sites is 1. The first kappa shape index (κ1) is 18.0. The monoisotopic (exact) mass is 375 g/mol. The highest BCUT2D eigenvalue weighted by Gasteiger charge is 2.28. The van der Waals surface area contributed by atoms with Crippen molar-refractivity contribution in [3.63, 3.8) is 0 Å². The van der Waals surface area contributed by atoms with Gasteiger partial charge in [0.05, 0.1) is 6.54 Å². The first-order valence-electron chi connectivity index (χ1n) is 9.18. The smallest absolute Gasteiger partial charge is 0.246 e. The first-order chi connectivity index (χ1) is 13.5. The molecule has 0 saturated carbocycles. The summed E-state index contributed by atoms with van der Waals surface area (Å²) in [6.45, 7) is 4.53. The topological polar surface area (TPSA) is 71.5 Å². The molecule has 1 atom stereocenters. The molecule has 0 spiro atoms. The molecule has 0 saturated heterocycles. The highest BCUT2D eigenvalue weighted by atomic mass is 16.5. The highest BCUT2D eigenvalue weighted by molar-refractivity contribution is 5.94. The third kappa shape index (κ3) is 3.53. The molecule has 6 heteroatoms. The number of aryl methyl sites for hydroxylation is 1. The number of aromatic nitrogens is 1. The Kier molecular flexibility index (Phi) is 4.69. The van der Waals surface area contributed by atoms with Gasteiger partial charge in [-0.05, 0) is 41.3 Å². The van der Waals surface area contributed by atoms with Crippen molar-refractivity contribution in [2.45, 2.75) is 18.9 Å². The number of fused-ring (bicyclic) bond motifs is 2. The predicted molar refractivity (Wildman–Crippen MR) is 108 cm³/mol.